The van der Waals surface area contributed by atoms with Crippen LogP contribution in [-0.4, -0.2) is 22.5 Å². The molecule has 1 saturated carbocycles. The SMILES string of the molecule is CSC1(CNc2ncc(Br)s2)CC1. The van der Waals surface area contributed by atoms with Gasteiger partial charge in [-0.2, -0.15) is 11.8 Å². The van der Waals surface area contributed by atoms with Gasteiger partial charge in [-0.1, -0.05) is 11.3 Å². The topological polar surface area (TPSA) is 24.9 Å². The first-order valence-corrected chi connectivity index (χ1v) is 6.98. The summed E-state index contributed by atoms with van der Waals surface area (Å²) in [5.74, 6) is 0. The molecule has 0 saturated heterocycles. The average molecular weight is 279 g/mol. The predicted molar refractivity (Wildman–Crippen MR) is 63.8 cm³/mol. The van der Waals surface area contributed by atoms with Crippen molar-refractivity contribution in [3.05, 3.63) is 9.98 Å². The zero-order chi connectivity index (χ0) is 9.31. The Kier molecular flexibility index (Phi) is 2.86. The summed E-state index contributed by atoms with van der Waals surface area (Å²) in [6.45, 7) is 1.05. The Morgan fingerprint density at radius 1 is 1.77 bits per heavy atom. The fourth-order valence-electron chi connectivity index (χ4n) is 1.17. The highest BCUT2D eigenvalue weighted by Crippen LogP contribution is 2.47. The molecule has 0 radical (unpaired) electrons. The normalized spacial score (nSPS) is 18.6. The van der Waals surface area contributed by atoms with Crippen LogP contribution in [0, 0.1) is 0 Å². The maximum Gasteiger partial charge on any atom is 0.183 e. The van der Waals surface area contributed by atoms with E-state index in [-0.39, 0.29) is 0 Å². The number of rotatable bonds is 4. The van der Waals surface area contributed by atoms with Gasteiger partial charge < -0.3 is 5.32 Å². The molecule has 1 aliphatic rings. The molecule has 0 aromatic carbocycles. The van der Waals surface area contributed by atoms with E-state index in [9.17, 15) is 0 Å². The lowest BCUT2D eigenvalue weighted by Crippen LogP contribution is -2.17. The number of hydrogen-bond acceptors (Lipinski definition) is 4. The Bertz CT molecular complexity index is 296. The Morgan fingerprint density at radius 2 is 2.54 bits per heavy atom. The summed E-state index contributed by atoms with van der Waals surface area (Å²) < 4.78 is 1.60. The smallest absolute Gasteiger partial charge is 0.183 e. The van der Waals surface area contributed by atoms with E-state index in [1.165, 1.54) is 12.8 Å². The minimum absolute atomic E-state index is 0.512. The Balaban J connectivity index is 1.86. The van der Waals surface area contributed by atoms with Crippen molar-refractivity contribution in [3.8, 4) is 0 Å². The number of halogens is 1. The van der Waals surface area contributed by atoms with Crippen LogP contribution in [0.3, 0.4) is 0 Å². The number of thioether (sulfide) groups is 1. The summed E-state index contributed by atoms with van der Waals surface area (Å²) in [5.41, 5.74) is 0. The Hall–Kier alpha value is 0.260. The largest absolute Gasteiger partial charge is 0.360 e. The molecule has 1 aromatic rings. The van der Waals surface area contributed by atoms with E-state index < -0.39 is 0 Å². The third-order valence-electron chi connectivity index (χ3n) is 2.28. The quantitative estimate of drug-likeness (QED) is 0.916. The summed E-state index contributed by atoms with van der Waals surface area (Å²) in [6.07, 6.45) is 6.71. The van der Waals surface area contributed by atoms with Gasteiger partial charge in [-0.25, -0.2) is 4.98 Å². The lowest BCUT2D eigenvalue weighted by molar-refractivity contribution is 0.946. The third kappa shape index (κ3) is 2.39. The van der Waals surface area contributed by atoms with Crippen LogP contribution in [-0.2, 0) is 0 Å². The van der Waals surface area contributed by atoms with E-state index in [0.717, 1.165) is 15.5 Å². The molecule has 0 unspecified atom stereocenters. The van der Waals surface area contributed by atoms with Gasteiger partial charge in [0.1, 0.15) is 0 Å². The van der Waals surface area contributed by atoms with Crippen molar-refractivity contribution in [2.75, 3.05) is 18.1 Å². The molecule has 1 aliphatic carbocycles. The molecule has 1 fully saturated rings. The molecule has 1 heterocycles. The second-order valence-corrected chi connectivity index (χ2v) is 6.89. The van der Waals surface area contributed by atoms with Crippen LogP contribution < -0.4 is 5.32 Å². The maximum atomic E-state index is 4.23. The molecule has 13 heavy (non-hydrogen) atoms. The fraction of sp³-hybridized carbons (Fsp3) is 0.625. The van der Waals surface area contributed by atoms with Gasteiger partial charge in [0, 0.05) is 11.3 Å². The minimum atomic E-state index is 0.512. The van der Waals surface area contributed by atoms with Crippen LogP contribution >= 0.6 is 39.0 Å². The Morgan fingerprint density at radius 3 is 3.00 bits per heavy atom. The molecular formula is C8H11BrN2S2. The number of anilines is 1. The molecule has 0 atom stereocenters. The van der Waals surface area contributed by atoms with Gasteiger partial charge in [0.25, 0.3) is 0 Å². The van der Waals surface area contributed by atoms with E-state index in [1.54, 1.807) is 11.3 Å². The average Bonchev–Trinajstić information content (AvgIpc) is 2.81. The summed E-state index contributed by atoms with van der Waals surface area (Å²) in [6, 6.07) is 0. The van der Waals surface area contributed by atoms with Crippen LogP contribution in [0.15, 0.2) is 9.98 Å². The van der Waals surface area contributed by atoms with E-state index in [0.29, 0.717) is 4.75 Å². The summed E-state index contributed by atoms with van der Waals surface area (Å²) >= 11 is 7.01. The minimum Gasteiger partial charge on any atom is -0.360 e. The monoisotopic (exact) mass is 278 g/mol. The lowest BCUT2D eigenvalue weighted by atomic mass is 10.4. The van der Waals surface area contributed by atoms with Gasteiger partial charge in [-0.05, 0) is 35.0 Å². The van der Waals surface area contributed by atoms with Crippen molar-refractivity contribution in [3.63, 3.8) is 0 Å². The summed E-state index contributed by atoms with van der Waals surface area (Å²) in [4.78, 5) is 4.23. The van der Waals surface area contributed by atoms with E-state index in [2.05, 4.69) is 32.5 Å². The van der Waals surface area contributed by atoms with Gasteiger partial charge in [0.2, 0.25) is 0 Å². The third-order valence-corrected chi connectivity index (χ3v) is 5.13. The maximum absolute atomic E-state index is 4.23. The molecular weight excluding hydrogens is 268 g/mol. The number of hydrogen-bond donors (Lipinski definition) is 1. The van der Waals surface area contributed by atoms with E-state index in [1.807, 2.05) is 18.0 Å². The van der Waals surface area contributed by atoms with Crippen LogP contribution in [0.25, 0.3) is 0 Å². The molecule has 0 spiro atoms. The van der Waals surface area contributed by atoms with Crippen LogP contribution in [0.5, 0.6) is 0 Å². The molecule has 2 nitrogen and oxygen atoms in total. The van der Waals surface area contributed by atoms with Crippen LogP contribution in [0.4, 0.5) is 5.13 Å². The van der Waals surface area contributed by atoms with E-state index >= 15 is 0 Å². The van der Waals surface area contributed by atoms with Gasteiger partial charge in [-0.3, -0.25) is 0 Å². The first-order chi connectivity index (χ1) is 6.24. The van der Waals surface area contributed by atoms with E-state index in [4.69, 9.17) is 0 Å². The van der Waals surface area contributed by atoms with Crippen molar-refractivity contribution in [1.29, 1.82) is 0 Å². The molecule has 1 N–H and O–H groups in total. The second kappa shape index (κ2) is 3.79. The van der Waals surface area contributed by atoms with Gasteiger partial charge in [0.05, 0.1) is 9.98 Å². The first-order valence-electron chi connectivity index (χ1n) is 4.14. The highest BCUT2D eigenvalue weighted by molar-refractivity contribution is 9.11. The van der Waals surface area contributed by atoms with Gasteiger partial charge in [0.15, 0.2) is 5.13 Å². The molecule has 0 aliphatic heterocycles. The molecule has 0 amide bonds. The summed E-state index contributed by atoms with van der Waals surface area (Å²) in [5, 5.41) is 4.40. The molecule has 1 aromatic heterocycles. The molecule has 5 heteroatoms. The van der Waals surface area contributed by atoms with Crippen molar-refractivity contribution >= 4 is 44.2 Å². The number of aromatic nitrogens is 1. The first kappa shape index (κ1) is 9.80. The highest BCUT2D eigenvalue weighted by atomic mass is 79.9. The molecule has 2 rings (SSSR count). The van der Waals surface area contributed by atoms with Crippen LogP contribution in [0.2, 0.25) is 0 Å². The van der Waals surface area contributed by atoms with Crippen molar-refractivity contribution < 1.29 is 0 Å². The zero-order valence-electron chi connectivity index (χ0n) is 7.34. The van der Waals surface area contributed by atoms with Gasteiger partial charge >= 0.3 is 0 Å². The molecule has 0 bridgehead atoms. The van der Waals surface area contributed by atoms with Crippen LogP contribution in [0.1, 0.15) is 12.8 Å². The zero-order valence-corrected chi connectivity index (χ0v) is 10.6. The van der Waals surface area contributed by atoms with Gasteiger partial charge in [-0.15, -0.1) is 0 Å². The van der Waals surface area contributed by atoms with Crippen molar-refractivity contribution in [2.24, 2.45) is 0 Å². The lowest BCUT2D eigenvalue weighted by Gasteiger charge is -2.11. The van der Waals surface area contributed by atoms with Crippen molar-refractivity contribution in [2.45, 2.75) is 17.6 Å². The summed E-state index contributed by atoms with van der Waals surface area (Å²) in [7, 11) is 0. The fourth-order valence-corrected chi connectivity index (χ4v) is 2.99. The highest BCUT2D eigenvalue weighted by Gasteiger charge is 2.41. The second-order valence-electron chi connectivity index (χ2n) is 3.21. The number of nitrogens with one attached hydrogen (secondary N) is 1. The standard InChI is InChI=1S/C8H11BrN2S2/c1-12-8(2-3-8)5-11-7-10-4-6(9)13-7/h4H,2-3,5H2,1H3,(H,10,11). The van der Waals surface area contributed by atoms with Crippen molar-refractivity contribution in [1.82, 2.24) is 4.98 Å². The predicted octanol–water partition coefficient (Wildman–Crippen LogP) is 3.21. The Labute approximate surface area is 94.7 Å². The molecule has 72 valence electrons. The number of nitrogens with zero attached hydrogens (tertiary/aromatic N) is 1. The number of thiazole rings is 1.